The van der Waals surface area contributed by atoms with Crippen molar-refractivity contribution < 1.29 is 63.8 Å². The Morgan fingerprint density at radius 2 is 1.16 bits per heavy atom. The number of halogens is 3. The summed E-state index contributed by atoms with van der Waals surface area (Å²) in [6, 6.07) is 5.54. The predicted molar refractivity (Wildman–Crippen MR) is 108 cm³/mol. The van der Waals surface area contributed by atoms with E-state index in [1.54, 1.807) is 14.2 Å². The van der Waals surface area contributed by atoms with E-state index in [-0.39, 0.29) is 66.4 Å². The Bertz CT molecular complexity index is 1040. The van der Waals surface area contributed by atoms with Crippen LogP contribution in [0.2, 0.25) is 0 Å². The largest absolute Gasteiger partial charge is 3.00 e. The molecule has 7 nitrogen and oxygen atoms in total. The molecule has 0 aromatic carbocycles. The summed E-state index contributed by atoms with van der Waals surface area (Å²) in [6.07, 6.45) is 11.5. The summed E-state index contributed by atoms with van der Waals surface area (Å²) in [6.45, 7) is 0. The van der Waals surface area contributed by atoms with E-state index in [1.807, 2.05) is 54.7 Å². The Morgan fingerprint density at radius 1 is 0.719 bits per heavy atom. The molecule has 2 atom stereocenters. The number of nitrogens with zero attached hydrogens (tertiary/aromatic N) is 5. The van der Waals surface area contributed by atoms with Gasteiger partial charge in [-0.2, -0.15) is 0 Å². The fourth-order valence-corrected chi connectivity index (χ4v) is 3.29. The Balaban J connectivity index is 0.00000128. The number of hydrogen-bond acceptors (Lipinski definition) is 7. The number of ether oxygens (including phenoxy) is 2. The predicted octanol–water partition coefficient (Wildman–Crippen LogP) is -6.57. The number of methoxy groups -OCH3 is 2. The van der Waals surface area contributed by atoms with Crippen molar-refractivity contribution in [2.24, 2.45) is 20.0 Å². The van der Waals surface area contributed by atoms with Crippen LogP contribution in [0.4, 0.5) is 0 Å². The van der Waals surface area contributed by atoms with Crippen molar-refractivity contribution in [3.05, 3.63) is 77.6 Å². The first kappa shape index (κ1) is 27.8. The molecule has 4 aliphatic rings. The Hall–Kier alpha value is -2.22. The summed E-state index contributed by atoms with van der Waals surface area (Å²) in [5, 5.41) is 0. The van der Waals surface area contributed by atoms with Crippen LogP contribution < -0.4 is 37.2 Å². The first-order chi connectivity index (χ1) is 13.7. The molecule has 0 fully saturated rings. The molecule has 5 rings (SSSR count). The van der Waals surface area contributed by atoms with Crippen LogP contribution in [0.5, 0.6) is 0 Å². The third-order valence-electron chi connectivity index (χ3n) is 4.74. The molecule has 0 spiro atoms. The SMILES string of the molecule is COC1=CC2=NC(c3cccc(C4=NC5C=CC(OC)=CC5=N4)n3)=NC2C=C1.[Cl-].[Cl-].[Cl-].[Fe+3]. The Morgan fingerprint density at radius 3 is 1.56 bits per heavy atom. The van der Waals surface area contributed by atoms with Crippen LogP contribution in [0.1, 0.15) is 11.4 Å². The minimum atomic E-state index is -0.0889. The van der Waals surface area contributed by atoms with Gasteiger partial charge in [0.05, 0.1) is 25.6 Å². The maximum Gasteiger partial charge on any atom is 3.00 e. The summed E-state index contributed by atoms with van der Waals surface area (Å²) in [5.74, 6) is 2.74. The van der Waals surface area contributed by atoms with Crippen molar-refractivity contribution in [2.45, 2.75) is 12.1 Å². The van der Waals surface area contributed by atoms with Gasteiger partial charge in [-0.15, -0.1) is 0 Å². The maximum absolute atomic E-state index is 5.27. The van der Waals surface area contributed by atoms with Crippen molar-refractivity contribution in [2.75, 3.05) is 14.2 Å². The third-order valence-corrected chi connectivity index (χ3v) is 4.74. The van der Waals surface area contributed by atoms with Crippen LogP contribution in [0.25, 0.3) is 0 Å². The van der Waals surface area contributed by atoms with Gasteiger partial charge in [0.1, 0.15) is 35.0 Å². The van der Waals surface area contributed by atoms with Crippen molar-refractivity contribution in [3.63, 3.8) is 0 Å². The molecular formula is C21H17Cl3FeN5O2. The molecule has 3 heterocycles. The number of fused-ring (bicyclic) bond motifs is 2. The van der Waals surface area contributed by atoms with Gasteiger partial charge in [0.25, 0.3) is 0 Å². The van der Waals surface area contributed by atoms with Crippen molar-refractivity contribution in [1.82, 2.24) is 4.98 Å². The van der Waals surface area contributed by atoms with E-state index in [0.717, 1.165) is 22.9 Å². The monoisotopic (exact) mass is 532 g/mol. The van der Waals surface area contributed by atoms with Gasteiger partial charge >= 0.3 is 17.1 Å². The maximum atomic E-state index is 5.27. The smallest absolute Gasteiger partial charge is 1.00 e. The zero-order valence-electron chi connectivity index (χ0n) is 16.9. The number of aromatic nitrogens is 1. The van der Waals surface area contributed by atoms with Crippen LogP contribution >= 0.6 is 0 Å². The molecule has 1 radical (unpaired) electrons. The first-order valence-electron chi connectivity index (χ1n) is 8.92. The van der Waals surface area contributed by atoms with Gasteiger partial charge in [0, 0.05) is 12.2 Å². The molecule has 0 saturated heterocycles. The minimum absolute atomic E-state index is 0. The quantitative estimate of drug-likeness (QED) is 0.361. The average Bonchev–Trinajstić information content (AvgIpc) is 3.36. The second-order valence-corrected chi connectivity index (χ2v) is 6.50. The van der Waals surface area contributed by atoms with Gasteiger partial charge in [-0.25, -0.2) is 15.0 Å². The van der Waals surface area contributed by atoms with Crippen molar-refractivity contribution >= 4 is 23.1 Å². The fourth-order valence-electron chi connectivity index (χ4n) is 3.29. The van der Waals surface area contributed by atoms with E-state index in [0.29, 0.717) is 23.1 Å². The number of rotatable bonds is 4. The number of amidine groups is 2. The van der Waals surface area contributed by atoms with E-state index in [9.17, 15) is 0 Å². The molecule has 1 aromatic rings. The van der Waals surface area contributed by atoms with Crippen molar-refractivity contribution in [1.29, 1.82) is 0 Å². The molecule has 0 bridgehead atoms. The Labute approximate surface area is 215 Å². The summed E-state index contributed by atoms with van der Waals surface area (Å²) >= 11 is 0. The van der Waals surface area contributed by atoms with Crippen LogP contribution in [-0.4, -0.2) is 54.4 Å². The summed E-state index contributed by atoms with van der Waals surface area (Å²) < 4.78 is 10.5. The van der Waals surface area contributed by atoms with Crippen LogP contribution in [0.3, 0.4) is 0 Å². The van der Waals surface area contributed by atoms with E-state index in [2.05, 4.69) is 20.0 Å². The number of allylic oxidation sites excluding steroid dienone is 2. The van der Waals surface area contributed by atoms with Gasteiger partial charge in [0.15, 0.2) is 11.7 Å². The van der Waals surface area contributed by atoms with Crippen LogP contribution in [0, 0.1) is 0 Å². The second-order valence-electron chi connectivity index (χ2n) is 6.50. The van der Waals surface area contributed by atoms with Crippen LogP contribution in [-0.2, 0) is 26.5 Å². The molecule has 11 heteroatoms. The van der Waals surface area contributed by atoms with E-state index in [4.69, 9.17) is 14.5 Å². The number of pyridine rings is 1. The standard InChI is InChI=1S/C21H17N5O2.3ClH.Fe/c1-27-12-6-8-14-18(10-12)25-20(23-14)16-4-3-5-17(22-16)21-24-15-9-7-13(28-2)11-19(15)26-21;;;;/h3-11,14-15H,1-2H3;3*1H;/q;;;;+3/p-3. The molecule has 167 valence electrons. The molecule has 0 saturated carbocycles. The molecule has 0 N–H and O–H groups in total. The molecule has 2 aliphatic carbocycles. The number of hydrogen-bond donors (Lipinski definition) is 0. The molecule has 0 amide bonds. The minimum Gasteiger partial charge on any atom is -1.00 e. The van der Waals surface area contributed by atoms with Gasteiger partial charge in [-0.1, -0.05) is 18.2 Å². The molecule has 32 heavy (non-hydrogen) atoms. The topological polar surface area (TPSA) is 80.8 Å². The van der Waals surface area contributed by atoms with Gasteiger partial charge in [-0.3, -0.25) is 9.98 Å². The normalized spacial score (nSPS) is 21.3. The summed E-state index contributed by atoms with van der Waals surface area (Å²) in [7, 11) is 3.28. The third kappa shape index (κ3) is 5.22. The molecule has 2 unspecified atom stereocenters. The zero-order valence-corrected chi connectivity index (χ0v) is 20.3. The van der Waals surface area contributed by atoms with E-state index < -0.39 is 0 Å². The summed E-state index contributed by atoms with van der Waals surface area (Å²) in [5.41, 5.74) is 3.10. The molecule has 1 aromatic heterocycles. The zero-order chi connectivity index (χ0) is 19.1. The van der Waals surface area contributed by atoms with Gasteiger partial charge in [-0.05, 0) is 24.3 Å². The first-order valence-corrected chi connectivity index (χ1v) is 8.92. The Kier molecular flexibility index (Phi) is 10.1. The van der Waals surface area contributed by atoms with Gasteiger partial charge < -0.3 is 46.7 Å². The molecular weight excluding hydrogens is 516 g/mol. The summed E-state index contributed by atoms with van der Waals surface area (Å²) in [4.78, 5) is 23.3. The number of aliphatic imine (C=N–C) groups is 4. The average molecular weight is 534 g/mol. The molecule has 2 aliphatic heterocycles. The van der Waals surface area contributed by atoms with E-state index in [1.165, 1.54) is 0 Å². The van der Waals surface area contributed by atoms with Gasteiger partial charge in [0.2, 0.25) is 0 Å². The van der Waals surface area contributed by atoms with E-state index >= 15 is 0 Å². The van der Waals surface area contributed by atoms with Crippen molar-refractivity contribution in [3.8, 4) is 0 Å². The second kappa shape index (κ2) is 11.6. The van der Waals surface area contributed by atoms with Crippen LogP contribution in [0.15, 0.2) is 86.1 Å². The fraction of sp³-hybridized carbons (Fsp3) is 0.190.